The number of ether oxygens (including phenoxy) is 2. The lowest BCUT2D eigenvalue weighted by atomic mass is 10.0. The molecule has 10 heteroatoms. The molecule has 0 bridgehead atoms. The fraction of sp³-hybridized carbons (Fsp3) is 0.659. The number of quaternary nitrogens is 1. The van der Waals surface area contributed by atoms with E-state index in [0.29, 0.717) is 17.4 Å². The average Bonchev–Trinajstić information content (AvgIpc) is 1.08. The van der Waals surface area contributed by atoms with Gasteiger partial charge >= 0.3 is 11.9 Å². The molecule has 0 heterocycles. The van der Waals surface area contributed by atoms with Gasteiger partial charge in [-0.15, -0.1) is 0 Å². The molecule has 0 N–H and O–H groups in total. The maximum Gasteiger partial charge on any atom is 0.306 e. The van der Waals surface area contributed by atoms with Crippen molar-refractivity contribution in [2.45, 2.75) is 328 Å². The maximum absolute atomic E-state index is 12.9. The van der Waals surface area contributed by atoms with Crippen LogP contribution < -0.4 is 4.89 Å². The van der Waals surface area contributed by atoms with Crippen LogP contribution in [0.15, 0.2) is 170 Å². The Bertz CT molecular complexity index is 2270. The summed E-state index contributed by atoms with van der Waals surface area (Å²) >= 11 is 0. The fourth-order valence-corrected chi connectivity index (χ4v) is 11.5. The zero-order chi connectivity index (χ0) is 71.1. The van der Waals surface area contributed by atoms with Crippen LogP contribution in [0.1, 0.15) is 322 Å². The Morgan fingerprint density at radius 1 is 0.316 bits per heavy atom. The molecule has 98 heavy (non-hydrogen) atoms. The van der Waals surface area contributed by atoms with Crippen LogP contribution in [0.5, 0.6) is 0 Å². The van der Waals surface area contributed by atoms with Crippen molar-refractivity contribution < 1.29 is 42.1 Å². The number of allylic oxidation sites excluding steroid dienone is 28. The minimum absolute atomic E-state index is 0.0415. The first-order valence-electron chi connectivity index (χ1n) is 39.8. The van der Waals surface area contributed by atoms with Crippen molar-refractivity contribution >= 4 is 19.8 Å². The molecule has 0 saturated carbocycles. The molecule has 0 aliphatic carbocycles. The number of nitrogens with zero attached hydrogens (tertiary/aromatic N) is 1. The van der Waals surface area contributed by atoms with Gasteiger partial charge in [-0.05, 0) is 128 Å². The monoisotopic (exact) mass is 1380 g/mol. The highest BCUT2D eigenvalue weighted by Crippen LogP contribution is 2.38. The van der Waals surface area contributed by atoms with E-state index in [0.717, 1.165) is 141 Å². The molecule has 0 aliphatic rings. The van der Waals surface area contributed by atoms with Crippen LogP contribution in [0.3, 0.4) is 0 Å². The van der Waals surface area contributed by atoms with Crippen molar-refractivity contribution in [2.24, 2.45) is 0 Å². The topological polar surface area (TPSA) is 111 Å². The van der Waals surface area contributed by atoms with Crippen LogP contribution >= 0.6 is 7.82 Å². The molecule has 558 valence electrons. The van der Waals surface area contributed by atoms with Crippen LogP contribution in [0.25, 0.3) is 0 Å². The summed E-state index contributed by atoms with van der Waals surface area (Å²) in [6.45, 7) is 4.00. The summed E-state index contributed by atoms with van der Waals surface area (Å²) in [4.78, 5) is 38.2. The summed E-state index contributed by atoms with van der Waals surface area (Å²) in [6.07, 6.45) is 116. The van der Waals surface area contributed by atoms with Gasteiger partial charge in [0.2, 0.25) is 0 Å². The summed E-state index contributed by atoms with van der Waals surface area (Å²) in [5.74, 6) is -0.854. The number of carbonyl (C=O) groups excluding carboxylic acids is 2. The molecular formula is C88H148NO8P. The minimum Gasteiger partial charge on any atom is -0.756 e. The molecule has 0 aromatic heterocycles. The number of hydrogen-bond acceptors (Lipinski definition) is 8. The van der Waals surface area contributed by atoms with Gasteiger partial charge in [-0.3, -0.25) is 14.2 Å². The molecule has 2 atom stereocenters. The zero-order valence-electron chi connectivity index (χ0n) is 63.7. The average molecular weight is 1380 g/mol. The van der Waals surface area contributed by atoms with Crippen molar-refractivity contribution in [3.63, 3.8) is 0 Å². The Labute approximate surface area is 604 Å². The number of phosphoric ester groups is 1. The molecule has 0 saturated heterocycles. The predicted molar refractivity (Wildman–Crippen MR) is 424 cm³/mol. The Morgan fingerprint density at radius 3 is 0.816 bits per heavy atom. The Morgan fingerprint density at radius 2 is 0.551 bits per heavy atom. The van der Waals surface area contributed by atoms with Gasteiger partial charge in [-0.1, -0.05) is 351 Å². The van der Waals surface area contributed by atoms with Crippen molar-refractivity contribution in [1.82, 2.24) is 0 Å². The lowest BCUT2D eigenvalue weighted by molar-refractivity contribution is -0.870. The first-order valence-corrected chi connectivity index (χ1v) is 41.3. The molecule has 0 spiro atoms. The van der Waals surface area contributed by atoms with Gasteiger partial charge in [-0.25, -0.2) is 0 Å². The third-order valence-electron chi connectivity index (χ3n) is 16.7. The van der Waals surface area contributed by atoms with Gasteiger partial charge in [0.25, 0.3) is 7.82 Å². The number of unbranched alkanes of at least 4 members (excludes halogenated alkanes) is 30. The van der Waals surface area contributed by atoms with Crippen LogP contribution in [0, 0.1) is 0 Å². The molecule has 0 radical (unpaired) electrons. The van der Waals surface area contributed by atoms with E-state index < -0.39 is 26.5 Å². The lowest BCUT2D eigenvalue weighted by Crippen LogP contribution is -2.37. The molecular weight excluding hydrogens is 1230 g/mol. The van der Waals surface area contributed by atoms with E-state index in [2.05, 4.69) is 184 Å². The largest absolute Gasteiger partial charge is 0.756 e. The van der Waals surface area contributed by atoms with E-state index in [-0.39, 0.29) is 32.0 Å². The highest BCUT2D eigenvalue weighted by atomic mass is 31.2. The maximum atomic E-state index is 12.9. The smallest absolute Gasteiger partial charge is 0.306 e. The SMILES string of the molecule is CC/C=C\C/C=C\C/C=C\C/C=C\C/C=C\C/C=C\C/C=C\C/C=C\C/C=C\CCCCCCCC(=O)OC(COC(=O)CCCCCCCCCCCCCCCCCCCCCCCCCCC/C=C\C/C=C\C/C=C\C/C=C\C/C=C\CC)COP(=O)([O-])OCC[N+](C)(C)C. The number of carbonyl (C=O) groups is 2. The third kappa shape index (κ3) is 80.3. The predicted octanol–water partition coefficient (Wildman–Crippen LogP) is 26.2. The second-order valence-electron chi connectivity index (χ2n) is 27.3. The van der Waals surface area contributed by atoms with Crippen molar-refractivity contribution in [1.29, 1.82) is 0 Å². The van der Waals surface area contributed by atoms with Crippen LogP contribution in [0.2, 0.25) is 0 Å². The fourth-order valence-electron chi connectivity index (χ4n) is 10.7. The molecule has 0 aliphatic heterocycles. The van der Waals surface area contributed by atoms with Gasteiger partial charge in [0.1, 0.15) is 19.8 Å². The summed E-state index contributed by atoms with van der Waals surface area (Å²) in [5, 5.41) is 0. The van der Waals surface area contributed by atoms with Crippen LogP contribution in [0.4, 0.5) is 0 Å². The number of hydrogen-bond donors (Lipinski definition) is 0. The first-order chi connectivity index (χ1) is 48.0. The van der Waals surface area contributed by atoms with Crippen molar-refractivity contribution in [3.8, 4) is 0 Å². The highest BCUT2D eigenvalue weighted by Gasteiger charge is 2.22. The third-order valence-corrected chi connectivity index (χ3v) is 17.7. The number of rotatable bonds is 72. The summed E-state index contributed by atoms with van der Waals surface area (Å²) in [7, 11) is 1.14. The van der Waals surface area contributed by atoms with Crippen molar-refractivity contribution in [3.05, 3.63) is 170 Å². The van der Waals surface area contributed by atoms with Gasteiger partial charge in [0.15, 0.2) is 6.10 Å². The number of likely N-dealkylation sites (N-methyl/N-ethyl adjacent to an activating group) is 1. The van der Waals surface area contributed by atoms with E-state index in [9.17, 15) is 19.0 Å². The summed E-state index contributed by atoms with van der Waals surface area (Å²) in [6, 6.07) is 0. The second kappa shape index (κ2) is 76.5. The Balaban J connectivity index is 4.01. The Kier molecular flexibility index (Phi) is 72.9. The standard InChI is InChI=1S/C88H148NO8P/c1-6-8-10-12-14-16-18-20-22-24-26-28-30-32-34-36-38-40-41-42-43-44-45-46-47-49-50-52-54-56-58-60-62-64-66-68-70-72-74-76-78-80-87(90)94-84-86(85-96-98(92,93)95-83-82-89(3,4)5)97-88(91)81-79-77-75-73-71-69-67-65-63-61-59-57-55-53-51-48-39-37-35-33-31-29-27-25-23-21-19-17-15-13-11-9-7-2/h8-11,14-17,20-23,26-29,32-35,39,48,53,55,59,61,65,67,86H,6-7,12-13,18-19,24-25,30-31,36-38,40-47,49-52,54,56-58,60,62-64,66,68-85H2,1-5H3/b10-8-,11-9-,16-14-,17-15-,22-20-,23-21-,28-26-,29-27-,34-32-,35-33-,48-39-,55-53-,61-59-,67-65-. The minimum atomic E-state index is -4.66. The number of phosphoric acid groups is 1. The summed E-state index contributed by atoms with van der Waals surface area (Å²) < 4.78 is 34.4. The zero-order valence-corrected chi connectivity index (χ0v) is 64.6. The van der Waals surface area contributed by atoms with E-state index in [1.54, 1.807) is 0 Å². The Hall–Kier alpha value is -4.63. The van der Waals surface area contributed by atoms with Crippen LogP contribution in [-0.4, -0.2) is 70.0 Å². The normalized spacial score (nSPS) is 14.0. The van der Waals surface area contributed by atoms with Gasteiger partial charge in [0.05, 0.1) is 27.7 Å². The molecule has 9 nitrogen and oxygen atoms in total. The summed E-state index contributed by atoms with van der Waals surface area (Å²) in [5.41, 5.74) is 0. The van der Waals surface area contributed by atoms with Gasteiger partial charge in [0, 0.05) is 12.8 Å². The van der Waals surface area contributed by atoms with Gasteiger partial charge in [-0.2, -0.15) is 0 Å². The lowest BCUT2D eigenvalue weighted by Gasteiger charge is -2.28. The van der Waals surface area contributed by atoms with E-state index in [1.165, 1.54) is 148 Å². The van der Waals surface area contributed by atoms with E-state index >= 15 is 0 Å². The van der Waals surface area contributed by atoms with Crippen LogP contribution in [-0.2, 0) is 32.7 Å². The quantitative estimate of drug-likeness (QED) is 0.0195. The van der Waals surface area contributed by atoms with Gasteiger partial charge < -0.3 is 27.9 Å². The molecule has 2 unspecified atom stereocenters. The molecule has 0 aromatic rings. The molecule has 0 fully saturated rings. The molecule has 0 aromatic carbocycles. The second-order valence-corrected chi connectivity index (χ2v) is 28.7. The molecule has 0 amide bonds. The van der Waals surface area contributed by atoms with E-state index in [4.69, 9.17) is 18.5 Å². The number of esters is 2. The van der Waals surface area contributed by atoms with E-state index in [1.807, 2.05) is 21.1 Å². The van der Waals surface area contributed by atoms with Crippen molar-refractivity contribution in [2.75, 3.05) is 47.5 Å². The molecule has 0 rings (SSSR count). The first kappa shape index (κ1) is 93.4. The highest BCUT2D eigenvalue weighted by molar-refractivity contribution is 7.45.